The first-order valence-electron chi connectivity index (χ1n) is 7.14. The van der Waals surface area contributed by atoms with Gasteiger partial charge in [0, 0.05) is 16.9 Å². The zero-order valence-electron chi connectivity index (χ0n) is 13.2. The summed E-state index contributed by atoms with van der Waals surface area (Å²) >= 11 is 5.85. The number of rotatable bonds is 4. The third kappa shape index (κ3) is 4.28. The number of hydrogen-bond donors (Lipinski definition) is 3. The molecule has 0 radical (unpaired) electrons. The number of carbonyl (C=O) groups excluding carboxylic acids is 1. The molecular formula is C18H16ClN3O2. The molecule has 24 heavy (non-hydrogen) atoms. The van der Waals surface area contributed by atoms with E-state index in [9.17, 15) is 15.2 Å². The van der Waals surface area contributed by atoms with Gasteiger partial charge in [-0.25, -0.2) is 0 Å². The lowest BCUT2D eigenvalue weighted by Crippen LogP contribution is -2.15. The molecule has 0 unspecified atom stereocenters. The molecule has 3 N–H and O–H groups in total. The molecule has 0 heterocycles. The smallest absolute Gasteiger partial charge is 0.267 e. The fourth-order valence-corrected chi connectivity index (χ4v) is 2.24. The fourth-order valence-electron chi connectivity index (χ4n) is 2.07. The molecule has 0 aromatic heterocycles. The van der Waals surface area contributed by atoms with Crippen LogP contribution in [0.2, 0.25) is 5.02 Å². The molecule has 122 valence electrons. The number of benzene rings is 2. The molecule has 0 saturated carbocycles. The number of aromatic hydroxyl groups is 1. The lowest BCUT2D eigenvalue weighted by atomic mass is 10.1. The normalized spacial score (nSPS) is 10.8. The quantitative estimate of drug-likeness (QED) is 0.443. The van der Waals surface area contributed by atoms with Gasteiger partial charge in [0.1, 0.15) is 17.4 Å². The molecule has 2 rings (SSSR count). The summed E-state index contributed by atoms with van der Waals surface area (Å²) in [5.74, 6) is -0.582. The number of carbonyl (C=O) groups is 1. The first-order valence-corrected chi connectivity index (χ1v) is 7.52. The molecule has 0 aliphatic carbocycles. The van der Waals surface area contributed by atoms with Gasteiger partial charge >= 0.3 is 0 Å². The molecule has 0 fully saturated rings. The van der Waals surface area contributed by atoms with E-state index >= 15 is 0 Å². The lowest BCUT2D eigenvalue weighted by Gasteiger charge is -2.09. The van der Waals surface area contributed by atoms with Gasteiger partial charge in [-0.05, 0) is 43.7 Å². The third-order valence-electron chi connectivity index (χ3n) is 3.33. The van der Waals surface area contributed by atoms with Crippen molar-refractivity contribution in [3.8, 4) is 11.8 Å². The Morgan fingerprint density at radius 3 is 2.62 bits per heavy atom. The first kappa shape index (κ1) is 17.4. The summed E-state index contributed by atoms with van der Waals surface area (Å²) in [5.41, 5.74) is 2.79. The Morgan fingerprint density at radius 2 is 1.96 bits per heavy atom. The van der Waals surface area contributed by atoms with Crippen molar-refractivity contribution in [3.05, 3.63) is 64.3 Å². The minimum Gasteiger partial charge on any atom is -0.506 e. The largest absolute Gasteiger partial charge is 0.506 e. The van der Waals surface area contributed by atoms with Crippen molar-refractivity contribution in [1.29, 1.82) is 5.26 Å². The van der Waals surface area contributed by atoms with Crippen molar-refractivity contribution in [3.63, 3.8) is 0 Å². The molecule has 6 heteroatoms. The molecule has 2 aromatic rings. The SMILES string of the molecule is Cc1ccc(NC(=O)/C(C#N)=C\Nc2cc(Cl)ccc2O)c(C)c1. The van der Waals surface area contributed by atoms with Gasteiger partial charge in [-0.1, -0.05) is 29.3 Å². The predicted molar refractivity (Wildman–Crippen MR) is 95.0 cm³/mol. The van der Waals surface area contributed by atoms with Crippen LogP contribution in [-0.2, 0) is 4.79 Å². The lowest BCUT2D eigenvalue weighted by molar-refractivity contribution is -0.112. The van der Waals surface area contributed by atoms with Gasteiger partial charge < -0.3 is 15.7 Å². The number of phenols is 1. The number of aryl methyl sites for hydroxylation is 2. The van der Waals surface area contributed by atoms with E-state index in [2.05, 4.69) is 10.6 Å². The Kier molecular flexibility index (Phi) is 5.46. The minimum absolute atomic E-state index is 0.0391. The number of anilines is 2. The van der Waals surface area contributed by atoms with Crippen LogP contribution in [0, 0.1) is 25.2 Å². The van der Waals surface area contributed by atoms with E-state index in [1.807, 2.05) is 32.0 Å². The zero-order chi connectivity index (χ0) is 17.7. The van der Waals surface area contributed by atoms with E-state index < -0.39 is 5.91 Å². The molecule has 0 aliphatic rings. The number of nitriles is 1. The topological polar surface area (TPSA) is 85.2 Å². The minimum atomic E-state index is -0.543. The molecule has 5 nitrogen and oxygen atoms in total. The van der Waals surface area contributed by atoms with Crippen molar-refractivity contribution in [2.75, 3.05) is 10.6 Å². The average molecular weight is 342 g/mol. The van der Waals surface area contributed by atoms with Crippen LogP contribution >= 0.6 is 11.6 Å². The number of nitrogens with zero attached hydrogens (tertiary/aromatic N) is 1. The highest BCUT2D eigenvalue weighted by Crippen LogP contribution is 2.26. The summed E-state index contributed by atoms with van der Waals surface area (Å²) in [7, 11) is 0. The summed E-state index contributed by atoms with van der Waals surface area (Å²) in [6.45, 7) is 3.83. The number of nitrogens with one attached hydrogen (secondary N) is 2. The van der Waals surface area contributed by atoms with Crippen molar-refractivity contribution in [2.24, 2.45) is 0 Å². The summed E-state index contributed by atoms with van der Waals surface area (Å²) in [6, 6.07) is 11.9. The highest BCUT2D eigenvalue weighted by Gasteiger charge is 2.11. The monoisotopic (exact) mass is 341 g/mol. The summed E-state index contributed by atoms with van der Waals surface area (Å²) in [5, 5.41) is 24.7. The molecular weight excluding hydrogens is 326 g/mol. The van der Waals surface area contributed by atoms with Crippen LogP contribution in [0.3, 0.4) is 0 Å². The molecule has 0 bridgehead atoms. The summed E-state index contributed by atoms with van der Waals surface area (Å²) in [4.78, 5) is 12.2. The standard InChI is InChI=1S/C18H16ClN3O2/c1-11-3-5-15(12(2)7-11)22-18(24)13(9-20)10-21-16-8-14(19)4-6-17(16)23/h3-8,10,21,23H,1-2H3,(H,22,24)/b13-10-. The Balaban J connectivity index is 2.16. The highest BCUT2D eigenvalue weighted by molar-refractivity contribution is 6.30. The number of halogens is 1. The van der Waals surface area contributed by atoms with Crippen LogP contribution in [0.15, 0.2) is 48.2 Å². The van der Waals surface area contributed by atoms with E-state index in [1.54, 1.807) is 6.07 Å². The Hall–Kier alpha value is -2.97. The van der Waals surface area contributed by atoms with Crippen LogP contribution < -0.4 is 10.6 Å². The van der Waals surface area contributed by atoms with Crippen LogP contribution in [0.5, 0.6) is 5.75 Å². The van der Waals surface area contributed by atoms with E-state index in [0.717, 1.165) is 11.1 Å². The summed E-state index contributed by atoms with van der Waals surface area (Å²) < 4.78 is 0. The van der Waals surface area contributed by atoms with Gasteiger partial charge in [-0.2, -0.15) is 5.26 Å². The molecule has 0 spiro atoms. The average Bonchev–Trinajstić information content (AvgIpc) is 2.54. The Morgan fingerprint density at radius 1 is 1.21 bits per heavy atom. The maximum atomic E-state index is 12.2. The maximum Gasteiger partial charge on any atom is 0.267 e. The maximum absolute atomic E-state index is 12.2. The second-order valence-electron chi connectivity index (χ2n) is 5.25. The van der Waals surface area contributed by atoms with Crippen molar-refractivity contribution in [1.82, 2.24) is 0 Å². The van der Waals surface area contributed by atoms with Crippen molar-refractivity contribution >= 4 is 28.9 Å². The van der Waals surface area contributed by atoms with Crippen LogP contribution in [0.1, 0.15) is 11.1 Å². The van der Waals surface area contributed by atoms with Crippen molar-refractivity contribution in [2.45, 2.75) is 13.8 Å². The third-order valence-corrected chi connectivity index (χ3v) is 3.56. The molecule has 1 amide bonds. The molecule has 0 atom stereocenters. The number of phenolic OH excluding ortho intramolecular Hbond substituents is 1. The van der Waals surface area contributed by atoms with Gasteiger partial charge in [0.15, 0.2) is 0 Å². The van der Waals surface area contributed by atoms with Crippen LogP contribution in [0.4, 0.5) is 11.4 Å². The van der Waals surface area contributed by atoms with E-state index in [1.165, 1.54) is 24.4 Å². The second kappa shape index (κ2) is 7.53. The van der Waals surface area contributed by atoms with E-state index in [-0.39, 0.29) is 11.3 Å². The molecule has 2 aromatic carbocycles. The van der Waals surface area contributed by atoms with E-state index in [0.29, 0.717) is 16.4 Å². The van der Waals surface area contributed by atoms with Gasteiger partial charge in [-0.15, -0.1) is 0 Å². The first-order chi connectivity index (χ1) is 11.4. The zero-order valence-corrected chi connectivity index (χ0v) is 14.0. The predicted octanol–water partition coefficient (Wildman–Crippen LogP) is 4.12. The van der Waals surface area contributed by atoms with Crippen LogP contribution in [0.25, 0.3) is 0 Å². The van der Waals surface area contributed by atoms with Gasteiger partial charge in [-0.3, -0.25) is 4.79 Å². The van der Waals surface area contributed by atoms with Gasteiger partial charge in [0.25, 0.3) is 5.91 Å². The van der Waals surface area contributed by atoms with Gasteiger partial charge in [0.05, 0.1) is 5.69 Å². The highest BCUT2D eigenvalue weighted by atomic mass is 35.5. The fraction of sp³-hybridized carbons (Fsp3) is 0.111. The van der Waals surface area contributed by atoms with Crippen LogP contribution in [-0.4, -0.2) is 11.0 Å². The van der Waals surface area contributed by atoms with Crippen molar-refractivity contribution < 1.29 is 9.90 Å². The Bertz CT molecular complexity index is 854. The molecule has 0 aliphatic heterocycles. The molecule has 0 saturated heterocycles. The summed E-state index contributed by atoms with van der Waals surface area (Å²) in [6.07, 6.45) is 1.23. The van der Waals surface area contributed by atoms with Gasteiger partial charge in [0.2, 0.25) is 0 Å². The Labute approximate surface area is 145 Å². The number of amides is 1. The van der Waals surface area contributed by atoms with E-state index in [4.69, 9.17) is 11.6 Å². The second-order valence-corrected chi connectivity index (χ2v) is 5.68. The number of hydrogen-bond acceptors (Lipinski definition) is 4.